The van der Waals surface area contributed by atoms with Crippen LogP contribution in [0.15, 0.2) is 48.8 Å². The van der Waals surface area contributed by atoms with Crippen LogP contribution >= 0.6 is 0 Å². The van der Waals surface area contributed by atoms with Crippen LogP contribution in [0.5, 0.6) is 0 Å². The lowest BCUT2D eigenvalue weighted by Gasteiger charge is -2.52. The van der Waals surface area contributed by atoms with Crippen LogP contribution in [0.1, 0.15) is 25.7 Å². The zero-order chi connectivity index (χ0) is 26.5. The van der Waals surface area contributed by atoms with E-state index in [9.17, 15) is 13.2 Å². The summed E-state index contributed by atoms with van der Waals surface area (Å²) in [5.41, 5.74) is 7.34. The number of nitrogens with zero attached hydrogens (tertiary/aromatic N) is 7. The normalized spacial score (nSPS) is 17.8. The van der Waals surface area contributed by atoms with Gasteiger partial charge in [-0.15, -0.1) is 5.10 Å². The number of anilines is 4. The summed E-state index contributed by atoms with van der Waals surface area (Å²) in [7, 11) is 1.74. The predicted molar refractivity (Wildman–Crippen MR) is 137 cm³/mol. The Balaban J connectivity index is 1.13. The van der Waals surface area contributed by atoms with Crippen LogP contribution in [-0.4, -0.2) is 48.7 Å². The predicted octanol–water partition coefficient (Wildman–Crippen LogP) is 4.81. The van der Waals surface area contributed by atoms with Gasteiger partial charge in [0.2, 0.25) is 17.8 Å². The third-order valence-corrected chi connectivity index (χ3v) is 7.36. The minimum Gasteiger partial charge on any atom is -0.368 e. The lowest BCUT2D eigenvalue weighted by Crippen LogP contribution is -2.52. The van der Waals surface area contributed by atoms with Crippen molar-refractivity contribution in [3.8, 4) is 22.6 Å². The van der Waals surface area contributed by atoms with Crippen molar-refractivity contribution in [1.82, 2.24) is 29.7 Å². The van der Waals surface area contributed by atoms with Crippen LogP contribution in [0, 0.1) is 11.2 Å². The summed E-state index contributed by atoms with van der Waals surface area (Å²) < 4.78 is 43.1. The maximum atomic E-state index is 14.8. The number of piperidine rings is 1. The lowest BCUT2D eigenvalue weighted by molar-refractivity contribution is -0.168. The van der Waals surface area contributed by atoms with E-state index in [2.05, 4.69) is 35.3 Å². The van der Waals surface area contributed by atoms with Crippen LogP contribution in [0.4, 0.5) is 36.6 Å². The largest absolute Gasteiger partial charge is 0.368 e. The molecule has 3 aromatic heterocycles. The Morgan fingerprint density at radius 2 is 1.79 bits per heavy atom. The van der Waals surface area contributed by atoms with Crippen LogP contribution in [0.25, 0.3) is 22.6 Å². The fourth-order valence-corrected chi connectivity index (χ4v) is 5.38. The van der Waals surface area contributed by atoms with Crippen molar-refractivity contribution < 1.29 is 13.2 Å². The standard InChI is InChI=1S/C26H26F3N9/c1-37-24(33-17-3-4-18(19(27)12-17)20-6-9-31-23(30)34-20)35-22(36-37)16-2-5-21(32-13-16)38-10-7-25(8-11-38)14-26(28,29)15-25/h2-6,9,12-13H,7-8,10-11,14-15H2,1H3,(H2,30,31,34)(H,33,35,36). The molecule has 0 atom stereocenters. The van der Waals surface area contributed by atoms with Gasteiger partial charge in [0, 0.05) is 62.2 Å². The number of benzene rings is 1. The zero-order valence-corrected chi connectivity index (χ0v) is 20.7. The Bertz CT molecular complexity index is 1470. The number of nitrogens with two attached hydrogens (primary N) is 1. The molecule has 3 N–H and O–H groups in total. The molecule has 0 unspecified atom stereocenters. The highest BCUT2D eigenvalue weighted by atomic mass is 19.3. The first-order chi connectivity index (χ1) is 18.2. The molecule has 196 valence electrons. The third-order valence-electron chi connectivity index (χ3n) is 7.36. The number of hydrogen-bond donors (Lipinski definition) is 2. The smallest absolute Gasteiger partial charge is 0.249 e. The van der Waals surface area contributed by atoms with Gasteiger partial charge >= 0.3 is 0 Å². The highest BCUT2D eigenvalue weighted by molar-refractivity contribution is 5.66. The van der Waals surface area contributed by atoms with Gasteiger partial charge in [-0.2, -0.15) is 4.98 Å². The van der Waals surface area contributed by atoms with E-state index in [0.717, 1.165) is 37.3 Å². The fourth-order valence-electron chi connectivity index (χ4n) is 5.38. The molecule has 0 amide bonds. The molecular weight excluding hydrogens is 495 g/mol. The Morgan fingerprint density at radius 3 is 2.45 bits per heavy atom. The molecule has 4 heterocycles. The summed E-state index contributed by atoms with van der Waals surface area (Å²) in [6.45, 7) is 1.44. The molecule has 1 aliphatic heterocycles. The molecule has 1 aromatic carbocycles. The quantitative estimate of drug-likeness (QED) is 0.385. The number of nitrogen functional groups attached to an aromatic ring is 1. The van der Waals surface area contributed by atoms with Gasteiger partial charge in [-0.25, -0.2) is 32.8 Å². The van der Waals surface area contributed by atoms with E-state index in [-0.39, 0.29) is 24.2 Å². The number of aromatic nitrogens is 6. The molecule has 1 aliphatic carbocycles. The zero-order valence-electron chi connectivity index (χ0n) is 20.7. The highest BCUT2D eigenvalue weighted by Gasteiger charge is 2.56. The van der Waals surface area contributed by atoms with E-state index >= 15 is 0 Å². The van der Waals surface area contributed by atoms with Crippen molar-refractivity contribution >= 4 is 23.4 Å². The minimum absolute atomic E-state index is 0.00970. The molecule has 6 rings (SSSR count). The van der Waals surface area contributed by atoms with Crippen molar-refractivity contribution in [3.63, 3.8) is 0 Å². The molecule has 9 nitrogen and oxygen atoms in total. The lowest BCUT2D eigenvalue weighted by atomic mass is 9.61. The van der Waals surface area contributed by atoms with Gasteiger partial charge < -0.3 is 16.0 Å². The summed E-state index contributed by atoms with van der Waals surface area (Å²) >= 11 is 0. The van der Waals surface area contributed by atoms with Crippen molar-refractivity contribution in [2.75, 3.05) is 29.0 Å². The molecule has 38 heavy (non-hydrogen) atoms. The van der Waals surface area contributed by atoms with E-state index < -0.39 is 11.7 Å². The van der Waals surface area contributed by atoms with Crippen molar-refractivity contribution in [2.24, 2.45) is 12.5 Å². The summed E-state index contributed by atoms with van der Waals surface area (Å²) in [6, 6.07) is 10.1. The molecule has 0 bridgehead atoms. The molecule has 1 spiro atoms. The Labute approximate surface area is 217 Å². The first kappa shape index (κ1) is 24.1. The van der Waals surface area contributed by atoms with E-state index in [1.807, 2.05) is 12.1 Å². The van der Waals surface area contributed by atoms with E-state index in [0.29, 0.717) is 28.7 Å². The highest BCUT2D eigenvalue weighted by Crippen LogP contribution is 2.57. The molecule has 2 aliphatic rings. The van der Waals surface area contributed by atoms with Crippen molar-refractivity contribution in [1.29, 1.82) is 0 Å². The van der Waals surface area contributed by atoms with Gasteiger partial charge in [0.1, 0.15) is 11.6 Å². The SMILES string of the molecule is Cn1nc(-c2ccc(N3CCC4(CC3)CC(F)(F)C4)nc2)nc1Nc1ccc(-c2ccnc(N)n2)c(F)c1. The van der Waals surface area contributed by atoms with Gasteiger partial charge in [-0.05, 0) is 54.7 Å². The molecule has 2 fully saturated rings. The van der Waals surface area contributed by atoms with Crippen LogP contribution < -0.4 is 16.0 Å². The van der Waals surface area contributed by atoms with Gasteiger partial charge in [-0.3, -0.25) is 0 Å². The van der Waals surface area contributed by atoms with E-state index in [1.165, 1.54) is 12.3 Å². The number of rotatable bonds is 5. The summed E-state index contributed by atoms with van der Waals surface area (Å²) in [5, 5.41) is 7.55. The van der Waals surface area contributed by atoms with Gasteiger partial charge in [-0.1, -0.05) is 0 Å². The van der Waals surface area contributed by atoms with Gasteiger partial charge in [0.05, 0.1) is 5.69 Å². The fraction of sp³-hybridized carbons (Fsp3) is 0.346. The third kappa shape index (κ3) is 4.61. The number of nitrogens with one attached hydrogen (secondary N) is 1. The van der Waals surface area contributed by atoms with Crippen molar-refractivity contribution in [3.05, 3.63) is 54.6 Å². The molecule has 1 saturated heterocycles. The Hall–Kier alpha value is -4.22. The monoisotopic (exact) mass is 521 g/mol. The van der Waals surface area contributed by atoms with E-state index in [4.69, 9.17) is 5.73 Å². The first-order valence-electron chi connectivity index (χ1n) is 12.3. The minimum atomic E-state index is -2.49. The summed E-state index contributed by atoms with van der Waals surface area (Å²) in [5.74, 6) is -1.17. The van der Waals surface area contributed by atoms with E-state index in [1.54, 1.807) is 36.1 Å². The second-order valence-electron chi connectivity index (χ2n) is 10.1. The van der Waals surface area contributed by atoms with Crippen LogP contribution in [0.3, 0.4) is 0 Å². The molecular formula is C26H26F3N9. The number of pyridine rings is 1. The Morgan fingerprint density at radius 1 is 1.00 bits per heavy atom. The van der Waals surface area contributed by atoms with Crippen LogP contribution in [-0.2, 0) is 7.05 Å². The summed E-state index contributed by atoms with van der Waals surface area (Å²) in [6.07, 6.45) is 4.73. The number of hydrogen-bond acceptors (Lipinski definition) is 8. The maximum Gasteiger partial charge on any atom is 0.249 e. The molecule has 0 radical (unpaired) electrons. The molecule has 1 saturated carbocycles. The molecule has 4 aromatic rings. The first-order valence-corrected chi connectivity index (χ1v) is 12.3. The number of aryl methyl sites for hydroxylation is 1. The number of halogens is 3. The van der Waals surface area contributed by atoms with Crippen molar-refractivity contribution in [2.45, 2.75) is 31.6 Å². The summed E-state index contributed by atoms with van der Waals surface area (Å²) in [4.78, 5) is 19.2. The van der Waals surface area contributed by atoms with Crippen LogP contribution in [0.2, 0.25) is 0 Å². The van der Waals surface area contributed by atoms with Gasteiger partial charge in [0.25, 0.3) is 0 Å². The average molecular weight is 522 g/mol. The topological polar surface area (TPSA) is 111 Å². The maximum absolute atomic E-state index is 14.8. The van der Waals surface area contributed by atoms with Gasteiger partial charge in [0.15, 0.2) is 5.82 Å². The second kappa shape index (κ2) is 8.96. The molecule has 12 heteroatoms. The number of alkyl halides is 2. The average Bonchev–Trinajstić information content (AvgIpc) is 3.23. The Kier molecular flexibility index (Phi) is 5.69. The second-order valence-corrected chi connectivity index (χ2v) is 10.1.